The van der Waals surface area contributed by atoms with Crippen molar-refractivity contribution in [1.82, 2.24) is 9.62 Å². The molecule has 1 N–H and O–H groups in total. The van der Waals surface area contributed by atoms with Gasteiger partial charge in [0.2, 0.25) is 19.9 Å². The zero-order valence-electron chi connectivity index (χ0n) is 13.0. The second kappa shape index (κ2) is 6.76. The van der Waals surface area contributed by atoms with Gasteiger partial charge >= 0.3 is 0 Å². The third-order valence-corrected chi connectivity index (χ3v) is 9.15. The summed E-state index contributed by atoms with van der Waals surface area (Å²) in [5.74, 6) is 0. The van der Waals surface area contributed by atoms with Crippen molar-refractivity contribution in [1.29, 1.82) is 5.26 Å². The Morgan fingerprint density at radius 1 is 1.12 bits per heavy atom. The third kappa shape index (κ3) is 3.69. The molecule has 10 heteroatoms. The summed E-state index contributed by atoms with van der Waals surface area (Å²) in [4.78, 5) is 1.60. The number of benzene rings is 1. The SMILES string of the molecule is N#CN1CC[C@@H](NS(=O)(=O)c2ccc(S(=O)(=O)c3ccccc3)s2)C1.[HH]. The number of sulfonamides is 1. The van der Waals surface area contributed by atoms with Crippen molar-refractivity contribution >= 4 is 31.2 Å². The summed E-state index contributed by atoms with van der Waals surface area (Å²) >= 11 is 0.714. The van der Waals surface area contributed by atoms with E-state index in [-0.39, 0.29) is 20.8 Å². The minimum Gasteiger partial charge on any atom is -0.309 e. The molecular formula is C15H17N3O4S3. The first kappa shape index (κ1) is 17.9. The molecule has 0 amide bonds. The van der Waals surface area contributed by atoms with Crippen LogP contribution >= 0.6 is 11.3 Å². The van der Waals surface area contributed by atoms with E-state index >= 15 is 0 Å². The third-order valence-electron chi connectivity index (χ3n) is 3.79. The van der Waals surface area contributed by atoms with Crippen LogP contribution in [0, 0.1) is 11.5 Å². The minimum absolute atomic E-state index is 0. The first-order chi connectivity index (χ1) is 11.8. The maximum Gasteiger partial charge on any atom is 0.250 e. The van der Waals surface area contributed by atoms with Gasteiger partial charge in [-0.1, -0.05) is 18.2 Å². The number of hydrogen-bond donors (Lipinski definition) is 1. The van der Waals surface area contributed by atoms with Crippen LogP contribution in [0.4, 0.5) is 0 Å². The van der Waals surface area contributed by atoms with Crippen molar-refractivity contribution < 1.29 is 18.3 Å². The summed E-state index contributed by atoms with van der Waals surface area (Å²) in [5.41, 5.74) is 0. The number of hydrogen-bond acceptors (Lipinski definition) is 7. The number of thiophene rings is 1. The Kier molecular flexibility index (Phi) is 4.83. The first-order valence-electron chi connectivity index (χ1n) is 7.40. The molecule has 1 aromatic carbocycles. The van der Waals surface area contributed by atoms with Gasteiger partial charge in [0.05, 0.1) is 4.90 Å². The normalized spacial score (nSPS) is 18.2. The quantitative estimate of drug-likeness (QED) is 0.766. The van der Waals surface area contributed by atoms with E-state index in [4.69, 9.17) is 5.26 Å². The molecule has 0 aliphatic carbocycles. The molecule has 0 radical (unpaired) electrons. The molecular weight excluding hydrogens is 382 g/mol. The first-order valence-corrected chi connectivity index (χ1v) is 11.2. The highest BCUT2D eigenvalue weighted by Gasteiger charge is 2.29. The van der Waals surface area contributed by atoms with Crippen LogP contribution in [0.2, 0.25) is 0 Å². The molecule has 1 saturated heterocycles. The summed E-state index contributed by atoms with van der Waals surface area (Å²) in [6, 6.07) is 10.1. The molecule has 7 nitrogen and oxygen atoms in total. The maximum absolute atomic E-state index is 12.6. The van der Waals surface area contributed by atoms with Crippen molar-refractivity contribution in [3.63, 3.8) is 0 Å². The summed E-state index contributed by atoms with van der Waals surface area (Å²) in [7, 11) is -7.57. The Labute approximate surface area is 152 Å². The Hall–Kier alpha value is -1.93. The van der Waals surface area contributed by atoms with Crippen LogP contribution in [-0.4, -0.2) is 40.9 Å². The Bertz CT molecular complexity index is 1010. The van der Waals surface area contributed by atoms with E-state index in [1.165, 1.54) is 29.2 Å². The fraction of sp³-hybridized carbons (Fsp3) is 0.267. The topological polar surface area (TPSA) is 107 Å². The van der Waals surface area contributed by atoms with Crippen LogP contribution in [0.3, 0.4) is 0 Å². The van der Waals surface area contributed by atoms with Gasteiger partial charge in [0.25, 0.3) is 0 Å². The number of likely N-dealkylation sites (tertiary alicyclic amines) is 1. The lowest BCUT2D eigenvalue weighted by Crippen LogP contribution is -2.36. The lowest BCUT2D eigenvalue weighted by Gasteiger charge is -2.11. The number of sulfone groups is 1. The van der Waals surface area contributed by atoms with E-state index in [1.807, 2.05) is 6.19 Å². The average Bonchev–Trinajstić information content (AvgIpc) is 3.25. The summed E-state index contributed by atoms with van der Waals surface area (Å²) in [6.45, 7) is 0.817. The van der Waals surface area contributed by atoms with Crippen molar-refractivity contribution in [3.8, 4) is 6.19 Å². The van der Waals surface area contributed by atoms with Gasteiger partial charge in [-0.3, -0.25) is 0 Å². The molecule has 2 heterocycles. The molecule has 1 aliphatic heterocycles. The molecule has 0 spiro atoms. The molecule has 134 valence electrons. The van der Waals surface area contributed by atoms with Crippen LogP contribution < -0.4 is 4.72 Å². The van der Waals surface area contributed by atoms with Gasteiger partial charge < -0.3 is 4.90 Å². The molecule has 3 rings (SSSR count). The van der Waals surface area contributed by atoms with Crippen LogP contribution in [0.5, 0.6) is 0 Å². The van der Waals surface area contributed by atoms with Crippen LogP contribution in [0.25, 0.3) is 0 Å². The number of nitriles is 1. The van der Waals surface area contributed by atoms with Gasteiger partial charge in [-0.05, 0) is 30.7 Å². The molecule has 25 heavy (non-hydrogen) atoms. The molecule has 0 bridgehead atoms. The van der Waals surface area contributed by atoms with Crippen molar-refractivity contribution in [2.75, 3.05) is 13.1 Å². The van der Waals surface area contributed by atoms with E-state index < -0.39 is 19.9 Å². The smallest absolute Gasteiger partial charge is 0.250 e. The van der Waals surface area contributed by atoms with Crippen LogP contribution in [0.15, 0.2) is 55.8 Å². The second-order valence-corrected chi connectivity index (χ2v) is 10.7. The summed E-state index contributed by atoms with van der Waals surface area (Å²) < 4.78 is 52.5. The second-order valence-electron chi connectivity index (χ2n) is 5.54. The van der Waals surface area contributed by atoms with E-state index in [9.17, 15) is 16.8 Å². The molecule has 1 fully saturated rings. The van der Waals surface area contributed by atoms with Gasteiger partial charge in [0.1, 0.15) is 8.42 Å². The highest BCUT2D eigenvalue weighted by atomic mass is 32.3. The summed E-state index contributed by atoms with van der Waals surface area (Å²) in [6.07, 6.45) is 2.52. The van der Waals surface area contributed by atoms with Gasteiger partial charge in [-0.15, -0.1) is 11.3 Å². The van der Waals surface area contributed by atoms with Gasteiger partial charge in [-0.25, -0.2) is 21.6 Å². The number of rotatable bonds is 5. The molecule has 0 unspecified atom stereocenters. The standard InChI is InChI=1S/C15H15N3O4S3.H2/c16-11-18-9-8-12(10-18)17-25(21,22)15-7-6-14(23-15)24(19,20)13-4-2-1-3-5-13;/h1-7,12,17H,8-10H2;1H/t12-;/m1./s1. The van der Waals surface area contributed by atoms with E-state index in [0.29, 0.717) is 30.8 Å². The van der Waals surface area contributed by atoms with E-state index in [0.717, 1.165) is 0 Å². The largest absolute Gasteiger partial charge is 0.309 e. The number of nitrogens with one attached hydrogen (secondary N) is 1. The molecule has 1 atom stereocenters. The monoisotopic (exact) mass is 399 g/mol. The molecule has 1 aromatic heterocycles. The van der Waals surface area contributed by atoms with Gasteiger partial charge in [0.15, 0.2) is 6.19 Å². The highest BCUT2D eigenvalue weighted by molar-refractivity contribution is 7.95. The van der Waals surface area contributed by atoms with Crippen LogP contribution in [-0.2, 0) is 19.9 Å². The zero-order chi connectivity index (χ0) is 18.1. The van der Waals surface area contributed by atoms with E-state index in [1.54, 1.807) is 18.2 Å². The Balaban J connectivity index is 0.00000243. The average molecular weight is 400 g/mol. The van der Waals surface area contributed by atoms with Crippen molar-refractivity contribution in [3.05, 3.63) is 42.5 Å². The predicted octanol–water partition coefficient (Wildman–Crippen LogP) is 1.66. The van der Waals surface area contributed by atoms with Crippen LogP contribution in [0.1, 0.15) is 7.85 Å². The Morgan fingerprint density at radius 3 is 2.44 bits per heavy atom. The predicted molar refractivity (Wildman–Crippen MR) is 94.2 cm³/mol. The lowest BCUT2D eigenvalue weighted by atomic mass is 10.3. The fourth-order valence-electron chi connectivity index (χ4n) is 2.53. The lowest BCUT2D eigenvalue weighted by molar-refractivity contribution is 0.470. The Morgan fingerprint density at radius 2 is 1.80 bits per heavy atom. The van der Waals surface area contributed by atoms with Crippen molar-refractivity contribution in [2.24, 2.45) is 0 Å². The molecule has 2 aromatic rings. The summed E-state index contributed by atoms with van der Waals surface area (Å²) in [5, 5.41) is 8.83. The van der Waals surface area contributed by atoms with Gasteiger partial charge in [0, 0.05) is 20.6 Å². The van der Waals surface area contributed by atoms with Gasteiger partial charge in [-0.2, -0.15) is 5.26 Å². The zero-order valence-corrected chi connectivity index (χ0v) is 15.4. The van der Waals surface area contributed by atoms with Crippen molar-refractivity contribution in [2.45, 2.75) is 25.8 Å². The maximum atomic E-state index is 12.6. The molecule has 0 saturated carbocycles. The fourth-order valence-corrected chi connectivity index (χ4v) is 7.00. The van der Waals surface area contributed by atoms with E-state index in [2.05, 4.69) is 4.72 Å². The number of nitrogens with zero attached hydrogens (tertiary/aromatic N) is 2. The molecule has 1 aliphatic rings. The minimum atomic E-state index is -3.83. The highest BCUT2D eigenvalue weighted by Crippen LogP contribution is 2.30.